The van der Waals surface area contributed by atoms with Gasteiger partial charge in [-0.3, -0.25) is 9.59 Å². The number of carbonyl (C=O) groups excluding carboxylic acids is 2. The number of anilines is 1. The van der Waals surface area contributed by atoms with Crippen LogP contribution in [-0.2, 0) is 16.0 Å². The summed E-state index contributed by atoms with van der Waals surface area (Å²) in [5.74, 6) is -1.82. The number of hydrogen-bond donors (Lipinski definition) is 0. The highest BCUT2D eigenvalue weighted by atomic mass is 19.1. The van der Waals surface area contributed by atoms with Gasteiger partial charge in [-0.1, -0.05) is 35.5 Å². The summed E-state index contributed by atoms with van der Waals surface area (Å²) in [6.07, 6.45) is 1.31. The summed E-state index contributed by atoms with van der Waals surface area (Å²) < 4.78 is 32.4. The number of rotatable bonds is 7. The van der Waals surface area contributed by atoms with Crippen LogP contribution >= 0.6 is 0 Å². The first-order valence-electron chi connectivity index (χ1n) is 10.4. The topological polar surface area (TPSA) is 66.7 Å². The molecule has 1 aliphatic heterocycles. The van der Waals surface area contributed by atoms with Gasteiger partial charge in [-0.15, -0.1) is 0 Å². The van der Waals surface area contributed by atoms with Crippen LogP contribution in [0.1, 0.15) is 18.6 Å². The van der Waals surface area contributed by atoms with Gasteiger partial charge in [0.05, 0.1) is 5.92 Å². The Morgan fingerprint density at radius 2 is 1.88 bits per heavy atom. The second-order valence-electron chi connectivity index (χ2n) is 7.94. The van der Waals surface area contributed by atoms with Crippen LogP contribution in [0.4, 0.5) is 14.5 Å². The molecule has 0 spiro atoms. The average Bonchev–Trinajstić information content (AvgIpc) is 3.40. The molecule has 32 heavy (non-hydrogen) atoms. The maximum Gasteiger partial charge on any atom is 0.227 e. The number of nitrogens with zero attached hydrogens (tertiary/aromatic N) is 3. The Kier molecular flexibility index (Phi) is 6.30. The average molecular weight is 439 g/mol. The lowest BCUT2D eigenvalue weighted by Gasteiger charge is -2.21. The fourth-order valence-corrected chi connectivity index (χ4v) is 3.91. The molecule has 1 unspecified atom stereocenters. The molecule has 4 rings (SSSR count). The number of halogens is 2. The minimum Gasteiger partial charge on any atom is -0.361 e. The zero-order chi connectivity index (χ0) is 22.7. The van der Waals surface area contributed by atoms with Gasteiger partial charge in [-0.05, 0) is 18.6 Å². The van der Waals surface area contributed by atoms with E-state index in [0.29, 0.717) is 19.4 Å². The molecule has 2 heterocycles. The van der Waals surface area contributed by atoms with Crippen molar-refractivity contribution in [3.8, 4) is 11.3 Å². The molecule has 0 aliphatic carbocycles. The minimum atomic E-state index is -0.762. The van der Waals surface area contributed by atoms with Crippen molar-refractivity contribution < 1.29 is 22.9 Å². The first kappa shape index (κ1) is 21.7. The van der Waals surface area contributed by atoms with Gasteiger partial charge < -0.3 is 14.3 Å². The SMILES string of the molecule is CN(CCCc1cc(-c2ccccc2)no1)C(=O)C1CC(=O)N(c2cc(F)cc(F)c2)C1. The van der Waals surface area contributed by atoms with E-state index in [1.807, 2.05) is 36.4 Å². The van der Waals surface area contributed by atoms with Gasteiger partial charge >= 0.3 is 0 Å². The molecule has 1 atom stereocenters. The van der Waals surface area contributed by atoms with E-state index in [1.54, 1.807) is 11.9 Å². The molecule has 3 aromatic rings. The molecule has 0 saturated carbocycles. The lowest BCUT2D eigenvalue weighted by atomic mass is 10.1. The van der Waals surface area contributed by atoms with Crippen LogP contribution < -0.4 is 4.90 Å². The molecule has 1 aliphatic rings. The third-order valence-electron chi connectivity index (χ3n) is 5.55. The first-order chi connectivity index (χ1) is 15.4. The Morgan fingerprint density at radius 1 is 1.16 bits per heavy atom. The Bertz CT molecular complexity index is 1100. The number of hydrogen-bond acceptors (Lipinski definition) is 4. The van der Waals surface area contributed by atoms with Crippen molar-refractivity contribution in [3.63, 3.8) is 0 Å². The molecule has 6 nitrogen and oxygen atoms in total. The van der Waals surface area contributed by atoms with Crippen LogP contribution in [0.5, 0.6) is 0 Å². The van der Waals surface area contributed by atoms with E-state index < -0.39 is 17.6 Å². The predicted octanol–water partition coefficient (Wildman–Crippen LogP) is 4.06. The lowest BCUT2D eigenvalue weighted by Crippen LogP contribution is -2.35. The van der Waals surface area contributed by atoms with Gasteiger partial charge in [0.2, 0.25) is 11.8 Å². The number of benzene rings is 2. The van der Waals surface area contributed by atoms with E-state index in [9.17, 15) is 18.4 Å². The van der Waals surface area contributed by atoms with Crippen molar-refractivity contribution in [2.24, 2.45) is 5.92 Å². The van der Waals surface area contributed by atoms with Crippen LogP contribution in [-0.4, -0.2) is 42.0 Å². The number of aromatic nitrogens is 1. The standard InChI is InChI=1S/C24H23F2N3O3/c1-28(9-5-8-21-14-22(27-32-21)16-6-3-2-4-7-16)24(31)17-10-23(30)29(15-17)20-12-18(25)11-19(26)13-20/h2-4,6-7,11-14,17H,5,8-10,15H2,1H3. The third kappa shape index (κ3) is 4.85. The molecule has 166 valence electrons. The molecule has 0 bridgehead atoms. The maximum absolute atomic E-state index is 13.5. The van der Waals surface area contributed by atoms with Gasteiger partial charge in [0.1, 0.15) is 23.1 Å². The molecular formula is C24H23F2N3O3. The van der Waals surface area contributed by atoms with E-state index in [0.717, 1.165) is 35.2 Å². The zero-order valence-electron chi connectivity index (χ0n) is 17.6. The monoisotopic (exact) mass is 439 g/mol. The fourth-order valence-electron chi connectivity index (χ4n) is 3.91. The van der Waals surface area contributed by atoms with Crippen molar-refractivity contribution in [1.82, 2.24) is 10.1 Å². The van der Waals surface area contributed by atoms with E-state index in [1.165, 1.54) is 4.90 Å². The van der Waals surface area contributed by atoms with Crippen molar-refractivity contribution >= 4 is 17.5 Å². The largest absolute Gasteiger partial charge is 0.361 e. The Balaban J connectivity index is 1.30. The summed E-state index contributed by atoms with van der Waals surface area (Å²) in [4.78, 5) is 28.0. The normalized spacial score (nSPS) is 15.9. The van der Waals surface area contributed by atoms with Gasteiger partial charge in [-0.2, -0.15) is 0 Å². The Morgan fingerprint density at radius 3 is 2.59 bits per heavy atom. The predicted molar refractivity (Wildman–Crippen MR) is 115 cm³/mol. The van der Waals surface area contributed by atoms with Gasteiger partial charge in [0.25, 0.3) is 0 Å². The first-order valence-corrected chi connectivity index (χ1v) is 10.4. The number of amides is 2. The highest BCUT2D eigenvalue weighted by Crippen LogP contribution is 2.27. The summed E-state index contributed by atoms with van der Waals surface area (Å²) in [6.45, 7) is 0.590. The van der Waals surface area contributed by atoms with E-state index in [2.05, 4.69) is 5.16 Å². The van der Waals surface area contributed by atoms with Crippen LogP contribution in [0.25, 0.3) is 11.3 Å². The van der Waals surface area contributed by atoms with E-state index in [4.69, 9.17) is 4.52 Å². The van der Waals surface area contributed by atoms with Crippen molar-refractivity contribution in [3.05, 3.63) is 72.0 Å². The molecule has 2 amide bonds. The molecule has 2 aromatic carbocycles. The molecule has 8 heteroatoms. The molecular weight excluding hydrogens is 416 g/mol. The number of aryl methyl sites for hydroxylation is 1. The smallest absolute Gasteiger partial charge is 0.227 e. The Labute approximate surface area is 184 Å². The summed E-state index contributed by atoms with van der Waals surface area (Å²) in [5, 5.41) is 4.09. The molecule has 1 fully saturated rings. The van der Waals surface area contributed by atoms with Crippen molar-refractivity contribution in [1.29, 1.82) is 0 Å². The van der Waals surface area contributed by atoms with Crippen LogP contribution in [0.15, 0.2) is 59.1 Å². The highest BCUT2D eigenvalue weighted by Gasteiger charge is 2.36. The second-order valence-corrected chi connectivity index (χ2v) is 7.94. The van der Waals surface area contributed by atoms with Gasteiger partial charge in [-0.25, -0.2) is 8.78 Å². The van der Waals surface area contributed by atoms with Crippen LogP contribution in [0.2, 0.25) is 0 Å². The minimum absolute atomic E-state index is 0.0177. The summed E-state index contributed by atoms with van der Waals surface area (Å²) >= 11 is 0. The summed E-state index contributed by atoms with van der Waals surface area (Å²) in [7, 11) is 1.69. The van der Waals surface area contributed by atoms with Crippen LogP contribution in [0.3, 0.4) is 0 Å². The lowest BCUT2D eigenvalue weighted by molar-refractivity contribution is -0.134. The molecule has 0 radical (unpaired) electrons. The fraction of sp³-hybridized carbons (Fsp3) is 0.292. The van der Waals surface area contributed by atoms with Gasteiger partial charge in [0.15, 0.2) is 0 Å². The summed E-state index contributed by atoms with van der Waals surface area (Å²) in [5.41, 5.74) is 1.87. The van der Waals surface area contributed by atoms with Gasteiger partial charge in [0, 0.05) is 56.4 Å². The molecule has 0 N–H and O–H groups in total. The second kappa shape index (κ2) is 9.30. The van der Waals surface area contributed by atoms with Crippen LogP contribution in [0, 0.1) is 17.6 Å². The highest BCUT2D eigenvalue weighted by molar-refractivity contribution is 6.00. The zero-order valence-corrected chi connectivity index (χ0v) is 17.6. The van der Waals surface area contributed by atoms with E-state index >= 15 is 0 Å². The third-order valence-corrected chi connectivity index (χ3v) is 5.55. The van der Waals surface area contributed by atoms with E-state index in [-0.39, 0.29) is 30.5 Å². The summed E-state index contributed by atoms with van der Waals surface area (Å²) in [6, 6.07) is 14.5. The molecule has 1 saturated heterocycles. The van der Waals surface area contributed by atoms with Crippen molar-refractivity contribution in [2.75, 3.05) is 25.0 Å². The van der Waals surface area contributed by atoms with Crippen molar-refractivity contribution in [2.45, 2.75) is 19.3 Å². The Hall–Kier alpha value is -3.55. The molecule has 1 aromatic heterocycles. The maximum atomic E-state index is 13.5. The number of carbonyl (C=O) groups is 2. The quantitative estimate of drug-likeness (QED) is 0.557.